The van der Waals surface area contributed by atoms with E-state index in [1.54, 1.807) is 0 Å². The van der Waals surface area contributed by atoms with E-state index in [-0.39, 0.29) is 0 Å². The van der Waals surface area contributed by atoms with Crippen molar-refractivity contribution in [3.63, 3.8) is 0 Å². The van der Waals surface area contributed by atoms with Crippen LogP contribution in [0.5, 0.6) is 0 Å². The fourth-order valence-electron chi connectivity index (χ4n) is 2.99. The van der Waals surface area contributed by atoms with Gasteiger partial charge in [0, 0.05) is 16.5 Å². The van der Waals surface area contributed by atoms with Gasteiger partial charge in [-0.15, -0.1) is 11.3 Å². The minimum absolute atomic E-state index is 0.333. The molecule has 1 aliphatic carbocycles. The molecule has 1 heterocycles. The van der Waals surface area contributed by atoms with Crippen LogP contribution in [0.3, 0.4) is 0 Å². The van der Waals surface area contributed by atoms with Crippen LogP contribution < -0.4 is 5.32 Å². The van der Waals surface area contributed by atoms with Gasteiger partial charge >= 0.3 is 0 Å². The molecule has 0 aliphatic heterocycles. The van der Waals surface area contributed by atoms with Crippen LogP contribution in [0, 0.1) is 12.3 Å². The Morgan fingerprint density at radius 3 is 2.60 bits per heavy atom. The maximum Gasteiger partial charge on any atom is 0.123 e. The molecule has 0 saturated heterocycles. The molecule has 2 aromatic rings. The van der Waals surface area contributed by atoms with Crippen LogP contribution >= 0.6 is 11.3 Å². The zero-order valence-corrected chi connectivity index (χ0v) is 13.5. The van der Waals surface area contributed by atoms with Gasteiger partial charge in [-0.2, -0.15) is 0 Å². The van der Waals surface area contributed by atoms with Gasteiger partial charge in [0.05, 0.1) is 5.69 Å². The van der Waals surface area contributed by atoms with E-state index >= 15 is 0 Å². The number of rotatable bonds is 2. The first-order valence-electron chi connectivity index (χ1n) is 7.22. The Kier molecular flexibility index (Phi) is 3.43. The van der Waals surface area contributed by atoms with Crippen LogP contribution in [0.4, 0.5) is 0 Å². The standard InChI is InChI=1S/C17H22N2S/c1-11-5-7-12(8-6-11)16-19-14-10-17(2,3)9-13(18-4)15(14)20-16/h5-8,13,18H,9-10H2,1-4H3. The summed E-state index contributed by atoms with van der Waals surface area (Å²) in [6.45, 7) is 6.80. The van der Waals surface area contributed by atoms with Gasteiger partial charge in [0.25, 0.3) is 0 Å². The highest BCUT2D eigenvalue weighted by Crippen LogP contribution is 2.44. The highest BCUT2D eigenvalue weighted by molar-refractivity contribution is 7.15. The van der Waals surface area contributed by atoms with Crippen LogP contribution in [-0.4, -0.2) is 12.0 Å². The number of benzene rings is 1. The van der Waals surface area contributed by atoms with E-state index in [0.29, 0.717) is 11.5 Å². The molecule has 3 heteroatoms. The summed E-state index contributed by atoms with van der Waals surface area (Å²) in [6, 6.07) is 9.13. The molecule has 20 heavy (non-hydrogen) atoms. The first-order chi connectivity index (χ1) is 9.48. The number of thiazole rings is 1. The average molecular weight is 286 g/mol. The quantitative estimate of drug-likeness (QED) is 0.887. The molecule has 106 valence electrons. The second kappa shape index (κ2) is 4.97. The number of aryl methyl sites for hydroxylation is 1. The summed E-state index contributed by atoms with van der Waals surface area (Å²) in [7, 11) is 2.06. The molecular formula is C17H22N2S. The normalized spacial score (nSPS) is 20.7. The highest BCUT2D eigenvalue weighted by atomic mass is 32.1. The van der Waals surface area contributed by atoms with E-state index in [2.05, 4.69) is 57.4 Å². The number of fused-ring (bicyclic) bond motifs is 1. The second-order valence-electron chi connectivity index (χ2n) is 6.58. The topological polar surface area (TPSA) is 24.9 Å². The smallest absolute Gasteiger partial charge is 0.123 e. The predicted octanol–water partition coefficient (Wildman–Crippen LogP) is 4.35. The van der Waals surface area contributed by atoms with E-state index < -0.39 is 0 Å². The van der Waals surface area contributed by atoms with Crippen molar-refractivity contribution in [1.82, 2.24) is 10.3 Å². The van der Waals surface area contributed by atoms with Crippen molar-refractivity contribution in [3.8, 4) is 10.6 Å². The molecule has 2 nitrogen and oxygen atoms in total. The van der Waals surface area contributed by atoms with Crippen molar-refractivity contribution in [3.05, 3.63) is 40.4 Å². The summed E-state index contributed by atoms with van der Waals surface area (Å²) in [6.07, 6.45) is 2.27. The Morgan fingerprint density at radius 1 is 1.25 bits per heavy atom. The molecule has 1 N–H and O–H groups in total. The van der Waals surface area contributed by atoms with Crippen molar-refractivity contribution in [2.75, 3.05) is 7.05 Å². The molecule has 0 spiro atoms. The second-order valence-corrected chi connectivity index (χ2v) is 7.61. The van der Waals surface area contributed by atoms with Crippen LogP contribution in [0.1, 0.15) is 42.4 Å². The summed E-state index contributed by atoms with van der Waals surface area (Å²) in [4.78, 5) is 6.36. The SMILES string of the molecule is CNC1CC(C)(C)Cc2nc(-c3ccc(C)cc3)sc21. The van der Waals surface area contributed by atoms with E-state index in [0.717, 1.165) is 11.4 Å². The number of hydrogen-bond donors (Lipinski definition) is 1. The zero-order chi connectivity index (χ0) is 14.3. The number of nitrogens with zero attached hydrogens (tertiary/aromatic N) is 1. The van der Waals surface area contributed by atoms with Crippen molar-refractivity contribution in [2.45, 2.75) is 39.7 Å². The Bertz CT molecular complexity index is 610. The van der Waals surface area contributed by atoms with Crippen molar-refractivity contribution >= 4 is 11.3 Å². The maximum absolute atomic E-state index is 4.92. The largest absolute Gasteiger partial charge is 0.312 e. The van der Waals surface area contributed by atoms with Crippen LogP contribution in [0.25, 0.3) is 10.6 Å². The molecule has 1 aliphatic rings. The first-order valence-corrected chi connectivity index (χ1v) is 8.04. The van der Waals surface area contributed by atoms with Crippen molar-refractivity contribution in [1.29, 1.82) is 0 Å². The zero-order valence-electron chi connectivity index (χ0n) is 12.7. The molecule has 0 fully saturated rings. The Hall–Kier alpha value is -1.19. The summed E-state index contributed by atoms with van der Waals surface area (Å²) in [5.41, 5.74) is 4.16. The number of nitrogens with one attached hydrogen (secondary N) is 1. The number of hydrogen-bond acceptors (Lipinski definition) is 3. The number of aromatic nitrogens is 1. The van der Waals surface area contributed by atoms with Crippen LogP contribution in [0.2, 0.25) is 0 Å². The lowest BCUT2D eigenvalue weighted by Crippen LogP contribution is -2.30. The third-order valence-electron chi connectivity index (χ3n) is 4.09. The highest BCUT2D eigenvalue weighted by Gasteiger charge is 2.34. The van der Waals surface area contributed by atoms with Gasteiger partial charge in [-0.25, -0.2) is 4.98 Å². The van der Waals surface area contributed by atoms with E-state index in [1.807, 2.05) is 11.3 Å². The molecule has 1 aromatic carbocycles. The Balaban J connectivity index is 2.01. The molecule has 1 aromatic heterocycles. The summed E-state index contributed by atoms with van der Waals surface area (Å²) in [5.74, 6) is 0. The molecular weight excluding hydrogens is 264 g/mol. The van der Waals surface area contributed by atoms with Gasteiger partial charge in [-0.05, 0) is 32.2 Å². The van der Waals surface area contributed by atoms with Crippen molar-refractivity contribution < 1.29 is 0 Å². The lowest BCUT2D eigenvalue weighted by atomic mass is 9.76. The fourth-order valence-corrected chi connectivity index (χ4v) is 4.18. The summed E-state index contributed by atoms with van der Waals surface area (Å²) >= 11 is 1.85. The molecule has 1 unspecified atom stereocenters. The minimum atomic E-state index is 0.333. The average Bonchev–Trinajstić information content (AvgIpc) is 2.80. The van der Waals surface area contributed by atoms with Crippen molar-refractivity contribution in [2.24, 2.45) is 5.41 Å². The van der Waals surface area contributed by atoms with Gasteiger partial charge in [-0.1, -0.05) is 43.7 Å². The lowest BCUT2D eigenvalue weighted by molar-refractivity contribution is 0.265. The van der Waals surface area contributed by atoms with Crippen LogP contribution in [0.15, 0.2) is 24.3 Å². The van der Waals surface area contributed by atoms with Gasteiger partial charge in [0.2, 0.25) is 0 Å². The Labute approximate surface area is 125 Å². The van der Waals surface area contributed by atoms with Crippen LogP contribution in [-0.2, 0) is 6.42 Å². The maximum atomic E-state index is 4.92. The molecule has 3 rings (SSSR count). The monoisotopic (exact) mass is 286 g/mol. The van der Waals surface area contributed by atoms with Gasteiger partial charge in [0.1, 0.15) is 5.01 Å². The predicted molar refractivity (Wildman–Crippen MR) is 86.2 cm³/mol. The molecule has 0 radical (unpaired) electrons. The molecule has 0 amide bonds. The molecule has 0 bridgehead atoms. The van der Waals surface area contributed by atoms with E-state index in [4.69, 9.17) is 4.98 Å². The third kappa shape index (κ3) is 2.52. The van der Waals surface area contributed by atoms with E-state index in [9.17, 15) is 0 Å². The first kappa shape index (κ1) is 13.8. The Morgan fingerprint density at radius 2 is 1.95 bits per heavy atom. The molecule has 1 atom stereocenters. The summed E-state index contributed by atoms with van der Waals surface area (Å²) < 4.78 is 0. The van der Waals surface area contributed by atoms with E-state index in [1.165, 1.54) is 28.1 Å². The summed E-state index contributed by atoms with van der Waals surface area (Å²) in [5, 5.41) is 4.62. The van der Waals surface area contributed by atoms with Gasteiger partial charge < -0.3 is 5.32 Å². The minimum Gasteiger partial charge on any atom is -0.312 e. The lowest BCUT2D eigenvalue weighted by Gasteiger charge is -2.34. The van der Waals surface area contributed by atoms with Gasteiger partial charge in [0.15, 0.2) is 0 Å². The molecule has 0 saturated carbocycles. The fraction of sp³-hybridized carbons (Fsp3) is 0.471. The third-order valence-corrected chi connectivity index (χ3v) is 5.35. The van der Waals surface area contributed by atoms with Gasteiger partial charge in [-0.3, -0.25) is 0 Å².